The molecule has 1 amide bonds. The third-order valence-electron chi connectivity index (χ3n) is 3.29. The minimum absolute atomic E-state index is 0.169. The van der Waals surface area contributed by atoms with Gasteiger partial charge in [-0.1, -0.05) is 21.1 Å². The van der Waals surface area contributed by atoms with Crippen molar-refractivity contribution in [3.63, 3.8) is 0 Å². The molecule has 0 spiro atoms. The van der Waals surface area contributed by atoms with Gasteiger partial charge in [-0.25, -0.2) is 0 Å². The maximum atomic E-state index is 12.7. The standard InChI is InChI=1S/C13H14BrN4O2P/c1-8-7-9(14)3-4-10(8)17-5-6-20-13-11(12(17)19)15-16-18(13)21-2/h3-4,7,21H,5-6H2,1-2H3. The predicted molar refractivity (Wildman–Crippen MR) is 85.7 cm³/mol. The van der Waals surface area contributed by atoms with E-state index in [-0.39, 0.29) is 11.6 Å². The van der Waals surface area contributed by atoms with E-state index in [1.807, 2.05) is 31.8 Å². The molecule has 1 aromatic carbocycles. The van der Waals surface area contributed by atoms with Gasteiger partial charge in [-0.2, -0.15) is 4.45 Å². The van der Waals surface area contributed by atoms with Gasteiger partial charge in [0.2, 0.25) is 11.6 Å². The Bertz CT molecular complexity index is 703. The molecule has 0 N–H and O–H groups in total. The van der Waals surface area contributed by atoms with E-state index in [4.69, 9.17) is 4.74 Å². The van der Waals surface area contributed by atoms with Crippen LogP contribution in [0.4, 0.5) is 5.69 Å². The Morgan fingerprint density at radius 3 is 2.95 bits per heavy atom. The highest BCUT2D eigenvalue weighted by molar-refractivity contribution is 9.10. The number of aryl methyl sites for hydroxylation is 1. The molecule has 0 aliphatic carbocycles. The topological polar surface area (TPSA) is 60.2 Å². The Labute approximate surface area is 132 Å². The fourth-order valence-corrected chi connectivity index (χ4v) is 3.28. The first-order chi connectivity index (χ1) is 10.1. The maximum Gasteiger partial charge on any atom is 0.284 e. The molecular formula is C13H14BrN4O2P. The molecule has 3 rings (SSSR count). The lowest BCUT2D eigenvalue weighted by molar-refractivity contribution is 0.0985. The molecule has 0 saturated heterocycles. The lowest BCUT2D eigenvalue weighted by Gasteiger charge is -2.21. The molecule has 1 aromatic heterocycles. The normalized spacial score (nSPS) is 15.2. The average Bonchev–Trinajstić information content (AvgIpc) is 2.80. The summed E-state index contributed by atoms with van der Waals surface area (Å²) in [6.07, 6.45) is 0. The van der Waals surface area contributed by atoms with Gasteiger partial charge < -0.3 is 9.64 Å². The second-order valence-electron chi connectivity index (χ2n) is 4.61. The van der Waals surface area contributed by atoms with Crippen molar-refractivity contribution >= 4 is 36.3 Å². The first-order valence-electron chi connectivity index (χ1n) is 6.46. The molecular weight excluding hydrogens is 355 g/mol. The minimum Gasteiger partial charge on any atom is -0.474 e. The van der Waals surface area contributed by atoms with Gasteiger partial charge in [0.15, 0.2) is 0 Å². The molecule has 0 bridgehead atoms. The summed E-state index contributed by atoms with van der Waals surface area (Å²) in [5.74, 6) is 0.301. The van der Waals surface area contributed by atoms with Gasteiger partial charge in [-0.15, -0.1) is 5.10 Å². The predicted octanol–water partition coefficient (Wildman–Crippen LogP) is 2.46. The SMILES string of the molecule is CPn1nnc2c1OCCN(c1ccc(Br)cc1C)C2=O. The van der Waals surface area contributed by atoms with Crippen LogP contribution in [0.2, 0.25) is 0 Å². The monoisotopic (exact) mass is 368 g/mol. The fraction of sp³-hybridized carbons (Fsp3) is 0.308. The molecule has 8 heteroatoms. The summed E-state index contributed by atoms with van der Waals surface area (Å²) >= 11 is 3.44. The van der Waals surface area contributed by atoms with Gasteiger partial charge in [-0.3, -0.25) is 4.79 Å². The summed E-state index contributed by atoms with van der Waals surface area (Å²) in [7, 11) is 0.376. The van der Waals surface area contributed by atoms with Crippen molar-refractivity contribution in [2.45, 2.75) is 6.92 Å². The number of nitrogens with zero attached hydrogens (tertiary/aromatic N) is 4. The Morgan fingerprint density at radius 1 is 1.43 bits per heavy atom. The maximum absolute atomic E-state index is 12.7. The van der Waals surface area contributed by atoms with Crippen LogP contribution in [-0.4, -0.2) is 40.5 Å². The number of benzene rings is 1. The van der Waals surface area contributed by atoms with Gasteiger partial charge in [-0.05, 0) is 37.4 Å². The lowest BCUT2D eigenvalue weighted by atomic mass is 10.1. The molecule has 1 unspecified atom stereocenters. The van der Waals surface area contributed by atoms with Crippen molar-refractivity contribution in [2.75, 3.05) is 24.7 Å². The van der Waals surface area contributed by atoms with Crippen LogP contribution in [0.15, 0.2) is 22.7 Å². The van der Waals surface area contributed by atoms with Crippen molar-refractivity contribution in [3.8, 4) is 5.88 Å². The van der Waals surface area contributed by atoms with Crippen LogP contribution in [0.3, 0.4) is 0 Å². The Hall–Kier alpha value is -1.46. The zero-order valence-corrected chi connectivity index (χ0v) is 14.2. The van der Waals surface area contributed by atoms with Gasteiger partial charge >= 0.3 is 0 Å². The summed E-state index contributed by atoms with van der Waals surface area (Å²) < 4.78 is 8.29. The van der Waals surface area contributed by atoms with E-state index in [0.29, 0.717) is 27.8 Å². The van der Waals surface area contributed by atoms with Crippen molar-refractivity contribution in [1.82, 2.24) is 14.8 Å². The first-order valence-corrected chi connectivity index (χ1v) is 8.70. The first kappa shape index (κ1) is 14.5. The van der Waals surface area contributed by atoms with Crippen LogP contribution in [0.1, 0.15) is 16.1 Å². The van der Waals surface area contributed by atoms with E-state index >= 15 is 0 Å². The smallest absolute Gasteiger partial charge is 0.284 e. The summed E-state index contributed by atoms with van der Waals surface area (Å²) in [6.45, 7) is 4.85. The number of hydrogen-bond donors (Lipinski definition) is 0. The van der Waals surface area contributed by atoms with E-state index < -0.39 is 0 Å². The lowest BCUT2D eigenvalue weighted by Crippen LogP contribution is -2.33. The number of aromatic nitrogens is 3. The van der Waals surface area contributed by atoms with Gasteiger partial charge in [0.25, 0.3) is 5.91 Å². The summed E-state index contributed by atoms with van der Waals surface area (Å²) in [6, 6.07) is 5.83. The summed E-state index contributed by atoms with van der Waals surface area (Å²) in [5, 5.41) is 7.96. The molecule has 0 saturated carbocycles. The van der Waals surface area contributed by atoms with Crippen LogP contribution in [0.5, 0.6) is 5.88 Å². The number of ether oxygens (including phenoxy) is 1. The number of carbonyl (C=O) groups is 1. The van der Waals surface area contributed by atoms with Crippen LogP contribution in [0, 0.1) is 6.92 Å². The second kappa shape index (κ2) is 5.73. The summed E-state index contributed by atoms with van der Waals surface area (Å²) in [5.41, 5.74) is 2.17. The van der Waals surface area contributed by atoms with Crippen molar-refractivity contribution in [3.05, 3.63) is 33.9 Å². The van der Waals surface area contributed by atoms with Crippen LogP contribution in [-0.2, 0) is 0 Å². The second-order valence-corrected chi connectivity index (χ2v) is 6.40. The van der Waals surface area contributed by atoms with Crippen molar-refractivity contribution < 1.29 is 9.53 Å². The molecule has 0 radical (unpaired) electrons. The zero-order valence-electron chi connectivity index (χ0n) is 11.6. The molecule has 0 fully saturated rings. The Morgan fingerprint density at radius 2 is 2.24 bits per heavy atom. The van der Waals surface area contributed by atoms with Crippen LogP contribution in [0.25, 0.3) is 0 Å². The van der Waals surface area contributed by atoms with Gasteiger partial charge in [0, 0.05) is 18.9 Å². The number of carbonyl (C=O) groups excluding carboxylic acids is 1. The molecule has 1 aliphatic heterocycles. The molecule has 110 valence electrons. The number of amides is 1. The van der Waals surface area contributed by atoms with Gasteiger partial charge in [0.05, 0.1) is 6.54 Å². The molecule has 1 atom stereocenters. The molecule has 2 heterocycles. The minimum atomic E-state index is -0.169. The highest BCUT2D eigenvalue weighted by atomic mass is 79.9. The van der Waals surface area contributed by atoms with Crippen LogP contribution < -0.4 is 9.64 Å². The summed E-state index contributed by atoms with van der Waals surface area (Å²) in [4.78, 5) is 14.4. The van der Waals surface area contributed by atoms with E-state index in [2.05, 4.69) is 26.2 Å². The van der Waals surface area contributed by atoms with E-state index in [0.717, 1.165) is 15.7 Å². The number of rotatable bonds is 2. The number of anilines is 1. The van der Waals surface area contributed by atoms with Crippen LogP contribution >= 0.6 is 24.7 Å². The highest BCUT2D eigenvalue weighted by Gasteiger charge is 2.30. The fourth-order valence-electron chi connectivity index (χ4n) is 2.30. The number of fused-ring (bicyclic) bond motifs is 1. The molecule has 2 aromatic rings. The third-order valence-corrected chi connectivity index (χ3v) is 4.50. The largest absolute Gasteiger partial charge is 0.474 e. The number of halogens is 1. The zero-order chi connectivity index (χ0) is 15.0. The third kappa shape index (κ3) is 2.56. The average molecular weight is 369 g/mol. The molecule has 6 nitrogen and oxygen atoms in total. The Balaban J connectivity index is 2.03. The van der Waals surface area contributed by atoms with E-state index in [9.17, 15) is 4.79 Å². The Kier molecular flexibility index (Phi) is 3.95. The van der Waals surface area contributed by atoms with Crippen molar-refractivity contribution in [1.29, 1.82) is 0 Å². The van der Waals surface area contributed by atoms with E-state index in [1.54, 1.807) is 9.35 Å². The highest BCUT2D eigenvalue weighted by Crippen LogP contribution is 2.30. The number of hydrogen-bond acceptors (Lipinski definition) is 4. The molecule has 1 aliphatic rings. The van der Waals surface area contributed by atoms with Crippen molar-refractivity contribution in [2.24, 2.45) is 0 Å². The quantitative estimate of drug-likeness (QED) is 0.764. The van der Waals surface area contributed by atoms with Gasteiger partial charge in [0.1, 0.15) is 6.61 Å². The van der Waals surface area contributed by atoms with E-state index in [1.165, 1.54) is 0 Å². The molecule has 21 heavy (non-hydrogen) atoms.